The van der Waals surface area contributed by atoms with Crippen LogP contribution in [0.4, 0.5) is 0 Å². The predicted molar refractivity (Wildman–Crippen MR) is 51.1 cm³/mol. The fourth-order valence-corrected chi connectivity index (χ4v) is 0.836. The molecule has 0 aromatic rings. The van der Waals surface area contributed by atoms with E-state index in [0.29, 0.717) is 0 Å². The molecule has 0 rings (SSSR count). The molecule has 0 aromatic heterocycles. The molecule has 14 heavy (non-hydrogen) atoms. The first-order valence-electron chi connectivity index (χ1n) is 4.12. The second-order valence-electron chi connectivity index (χ2n) is 2.16. The summed E-state index contributed by atoms with van der Waals surface area (Å²) in [4.78, 5) is 0. The summed E-state index contributed by atoms with van der Waals surface area (Å²) in [6.07, 6.45) is 0.0127. The van der Waals surface area contributed by atoms with Crippen molar-refractivity contribution in [3.05, 3.63) is 0 Å². The standard InChI is InChI=1S/C4H10O.C3H8O4S.Na.H/c1-3-5-4-2;1-2-3(4)8(5,6)7;;/h3-4H2,1-2H3;3-4H,2H2,1H3,(H,5,6,7);;/q;;+1;-1. The van der Waals surface area contributed by atoms with Gasteiger partial charge in [-0.1, -0.05) is 6.92 Å². The van der Waals surface area contributed by atoms with Crippen molar-refractivity contribution in [2.75, 3.05) is 13.2 Å². The number of ether oxygens (including phenoxy) is 1. The van der Waals surface area contributed by atoms with Crippen LogP contribution in [0.1, 0.15) is 28.6 Å². The number of aliphatic hydroxyl groups is 1. The van der Waals surface area contributed by atoms with E-state index in [-0.39, 0.29) is 37.4 Å². The van der Waals surface area contributed by atoms with Crippen LogP contribution in [0, 0.1) is 0 Å². The third kappa shape index (κ3) is 15.3. The minimum atomic E-state index is -4.20. The minimum absolute atomic E-state index is 0. The van der Waals surface area contributed by atoms with Gasteiger partial charge in [-0.25, -0.2) is 0 Å². The van der Waals surface area contributed by atoms with Crippen LogP contribution in [0.25, 0.3) is 0 Å². The summed E-state index contributed by atoms with van der Waals surface area (Å²) in [5.41, 5.74) is -1.62. The number of hydrogen-bond acceptors (Lipinski definition) is 4. The third-order valence-electron chi connectivity index (χ3n) is 1.10. The predicted octanol–water partition coefficient (Wildman–Crippen LogP) is -2.24. The molecular formula is C7H19NaO5S. The maximum Gasteiger partial charge on any atom is 1.00 e. The molecule has 2 N–H and O–H groups in total. The number of aliphatic hydroxyl groups excluding tert-OH is 1. The van der Waals surface area contributed by atoms with Gasteiger partial charge in [-0.15, -0.1) is 0 Å². The quantitative estimate of drug-likeness (QED) is 0.427. The molecule has 0 saturated heterocycles. The molecule has 0 heterocycles. The topological polar surface area (TPSA) is 83.8 Å². The zero-order valence-corrected chi connectivity index (χ0v) is 12.0. The van der Waals surface area contributed by atoms with Crippen molar-refractivity contribution in [2.24, 2.45) is 0 Å². The van der Waals surface area contributed by atoms with Gasteiger partial charge >= 0.3 is 29.6 Å². The fourth-order valence-electron chi connectivity index (χ4n) is 0.415. The molecule has 0 fully saturated rings. The van der Waals surface area contributed by atoms with Crippen molar-refractivity contribution in [2.45, 2.75) is 32.6 Å². The molecule has 1 atom stereocenters. The van der Waals surface area contributed by atoms with E-state index in [4.69, 9.17) is 14.4 Å². The molecule has 0 aliphatic heterocycles. The zero-order valence-electron chi connectivity index (χ0n) is 10.2. The van der Waals surface area contributed by atoms with Crippen LogP contribution >= 0.6 is 0 Å². The first kappa shape index (κ1) is 20.3. The molecule has 0 aliphatic carbocycles. The van der Waals surface area contributed by atoms with Gasteiger partial charge in [0, 0.05) is 13.2 Å². The van der Waals surface area contributed by atoms with Crippen LogP contribution < -0.4 is 29.6 Å². The Labute approximate surface area is 109 Å². The molecule has 0 bridgehead atoms. The van der Waals surface area contributed by atoms with Crippen LogP contribution in [0.2, 0.25) is 0 Å². The van der Waals surface area contributed by atoms with Gasteiger partial charge in [-0.2, -0.15) is 8.42 Å². The molecule has 1 unspecified atom stereocenters. The van der Waals surface area contributed by atoms with Crippen molar-refractivity contribution in [3.63, 3.8) is 0 Å². The van der Waals surface area contributed by atoms with Crippen molar-refractivity contribution >= 4 is 10.1 Å². The van der Waals surface area contributed by atoms with Crippen LogP contribution in [-0.4, -0.2) is 36.7 Å². The van der Waals surface area contributed by atoms with E-state index in [2.05, 4.69) is 0 Å². The number of hydrogen-bond donors (Lipinski definition) is 2. The second-order valence-corrected chi connectivity index (χ2v) is 3.73. The molecule has 0 aromatic carbocycles. The monoisotopic (exact) mass is 238 g/mol. The molecule has 0 radical (unpaired) electrons. The summed E-state index contributed by atoms with van der Waals surface area (Å²) in [7, 11) is -4.20. The zero-order chi connectivity index (χ0) is 10.9. The molecular weight excluding hydrogens is 219 g/mol. The molecule has 7 heteroatoms. The van der Waals surface area contributed by atoms with E-state index in [1.54, 1.807) is 0 Å². The van der Waals surface area contributed by atoms with Crippen molar-refractivity contribution in [3.8, 4) is 0 Å². The van der Waals surface area contributed by atoms with E-state index in [1.165, 1.54) is 6.92 Å². The Morgan fingerprint density at radius 2 is 1.64 bits per heavy atom. The van der Waals surface area contributed by atoms with Gasteiger partial charge in [-0.05, 0) is 20.3 Å². The van der Waals surface area contributed by atoms with E-state index in [0.717, 1.165) is 13.2 Å². The summed E-state index contributed by atoms with van der Waals surface area (Å²) < 4.78 is 32.6. The summed E-state index contributed by atoms with van der Waals surface area (Å²) in [5.74, 6) is 0. The van der Waals surface area contributed by atoms with Gasteiger partial charge in [0.05, 0.1) is 0 Å². The molecule has 0 aliphatic rings. The number of rotatable bonds is 4. The Balaban J connectivity index is -0.0000000770. The van der Waals surface area contributed by atoms with Crippen LogP contribution in [0.5, 0.6) is 0 Å². The normalized spacial score (nSPS) is 12.1. The SMILES string of the molecule is CCC(O)S(=O)(=O)O.CCOCC.[H-].[Na+]. The summed E-state index contributed by atoms with van der Waals surface area (Å²) in [5, 5.41) is 8.36. The van der Waals surface area contributed by atoms with Crippen LogP contribution in [0.3, 0.4) is 0 Å². The van der Waals surface area contributed by atoms with Gasteiger partial charge in [-0.3, -0.25) is 4.55 Å². The van der Waals surface area contributed by atoms with Gasteiger partial charge in [0.1, 0.15) is 0 Å². The van der Waals surface area contributed by atoms with E-state index >= 15 is 0 Å². The molecule has 0 amide bonds. The Morgan fingerprint density at radius 3 is 1.64 bits per heavy atom. The van der Waals surface area contributed by atoms with Crippen LogP contribution in [-0.2, 0) is 14.9 Å². The molecule has 0 spiro atoms. The van der Waals surface area contributed by atoms with Crippen LogP contribution in [0.15, 0.2) is 0 Å². The smallest absolute Gasteiger partial charge is 1.00 e. The Kier molecular flexibility index (Phi) is 17.2. The summed E-state index contributed by atoms with van der Waals surface area (Å²) in [6.45, 7) is 7.12. The molecule has 0 saturated carbocycles. The largest absolute Gasteiger partial charge is 1.00 e. The average Bonchev–Trinajstić information content (AvgIpc) is 2.04. The minimum Gasteiger partial charge on any atom is -1.00 e. The third-order valence-corrected chi connectivity index (χ3v) is 2.12. The maximum atomic E-state index is 9.87. The maximum absolute atomic E-state index is 9.87. The summed E-state index contributed by atoms with van der Waals surface area (Å²) in [6, 6.07) is 0. The Bertz CT molecular complexity index is 196. The van der Waals surface area contributed by atoms with E-state index in [1.807, 2.05) is 13.8 Å². The fraction of sp³-hybridized carbons (Fsp3) is 1.00. The average molecular weight is 238 g/mol. The van der Waals surface area contributed by atoms with Gasteiger partial charge in [0.15, 0.2) is 5.44 Å². The summed E-state index contributed by atoms with van der Waals surface area (Å²) >= 11 is 0. The first-order chi connectivity index (χ1) is 5.90. The van der Waals surface area contributed by atoms with Crippen molar-refractivity contribution in [1.29, 1.82) is 0 Å². The molecule has 5 nitrogen and oxygen atoms in total. The molecule has 84 valence electrons. The van der Waals surface area contributed by atoms with Gasteiger partial charge in [0.25, 0.3) is 10.1 Å². The van der Waals surface area contributed by atoms with Crippen molar-refractivity contribution in [1.82, 2.24) is 0 Å². The second kappa shape index (κ2) is 11.9. The Morgan fingerprint density at radius 1 is 1.29 bits per heavy atom. The van der Waals surface area contributed by atoms with E-state index < -0.39 is 15.6 Å². The van der Waals surface area contributed by atoms with Gasteiger partial charge < -0.3 is 11.3 Å². The Hall–Kier alpha value is 0.830. The van der Waals surface area contributed by atoms with Crippen molar-refractivity contribution < 1.29 is 53.8 Å². The van der Waals surface area contributed by atoms with Gasteiger partial charge in [0.2, 0.25) is 0 Å². The van der Waals surface area contributed by atoms with E-state index in [9.17, 15) is 8.42 Å². The first-order valence-corrected chi connectivity index (χ1v) is 5.62.